The quantitative estimate of drug-likeness (QED) is 0.759. The van der Waals surface area contributed by atoms with Crippen LogP contribution < -0.4 is 5.44 Å². The summed E-state index contributed by atoms with van der Waals surface area (Å²) in [7, 11) is -4.25. The molecule has 0 aliphatic carbocycles. The van der Waals surface area contributed by atoms with E-state index in [1.54, 1.807) is 22.7 Å². The van der Waals surface area contributed by atoms with E-state index in [0.717, 1.165) is 4.47 Å². The van der Waals surface area contributed by atoms with Crippen molar-refractivity contribution in [3.63, 3.8) is 0 Å². The van der Waals surface area contributed by atoms with Crippen LogP contribution in [0.3, 0.4) is 0 Å². The zero-order chi connectivity index (χ0) is 10.3. The third-order valence-corrected chi connectivity index (χ3v) is 3.01. The molecule has 2 aromatic rings. The molecule has 74 valence electrons. The normalized spacial score (nSPS) is 12.2. The molecule has 2 rings (SSSR count). The minimum atomic E-state index is -4.25. The number of halogens is 1. The lowest BCUT2D eigenvalue weighted by Gasteiger charge is -1.94. The Morgan fingerprint density at radius 1 is 1.50 bits per heavy atom. The highest BCUT2D eigenvalue weighted by atomic mass is 79.9. The van der Waals surface area contributed by atoms with Gasteiger partial charge in [-0.05, 0) is 12.1 Å². The van der Waals surface area contributed by atoms with Gasteiger partial charge in [0.25, 0.3) is 0 Å². The lowest BCUT2D eigenvalue weighted by Crippen LogP contribution is -2.03. The Hall–Kier alpha value is -0.680. The molecule has 0 aliphatic rings. The number of hydrogen-bond donors (Lipinski definition) is 2. The zero-order valence-corrected chi connectivity index (χ0v) is 9.31. The number of fused-ring (bicyclic) bond motifs is 1. The van der Waals surface area contributed by atoms with Crippen LogP contribution in [0.15, 0.2) is 29.0 Å². The summed E-state index contributed by atoms with van der Waals surface area (Å²) < 4.78 is 13.3. The maximum absolute atomic E-state index is 10.9. The summed E-state index contributed by atoms with van der Waals surface area (Å²) in [5, 5.41) is 0. The molecule has 0 bridgehead atoms. The van der Waals surface area contributed by atoms with Crippen LogP contribution in [0.5, 0.6) is 0 Å². The number of nitrogens with zero attached hydrogens (tertiary/aromatic N) is 2. The van der Waals surface area contributed by atoms with Gasteiger partial charge in [0.2, 0.25) is 0 Å². The van der Waals surface area contributed by atoms with Crippen LogP contribution in [-0.2, 0) is 4.57 Å². The second-order valence-electron chi connectivity index (χ2n) is 2.75. The van der Waals surface area contributed by atoms with Crippen LogP contribution in [0.4, 0.5) is 0 Å². The van der Waals surface area contributed by atoms with Crippen molar-refractivity contribution in [3.8, 4) is 0 Å². The van der Waals surface area contributed by atoms with Crippen LogP contribution in [0.1, 0.15) is 0 Å². The molecule has 0 spiro atoms. The fraction of sp³-hybridized carbons (Fsp3) is 0. The van der Waals surface area contributed by atoms with Crippen LogP contribution in [0.25, 0.3) is 5.65 Å². The van der Waals surface area contributed by atoms with Crippen molar-refractivity contribution >= 4 is 34.6 Å². The van der Waals surface area contributed by atoms with Gasteiger partial charge in [-0.1, -0.05) is 15.9 Å². The topological polar surface area (TPSA) is 74.8 Å². The molecule has 2 heterocycles. The van der Waals surface area contributed by atoms with Crippen molar-refractivity contribution in [2.24, 2.45) is 0 Å². The van der Waals surface area contributed by atoms with Crippen molar-refractivity contribution in [2.45, 2.75) is 0 Å². The molecule has 0 aromatic carbocycles. The first-order chi connectivity index (χ1) is 6.47. The Morgan fingerprint density at radius 2 is 2.21 bits per heavy atom. The number of hydrogen-bond acceptors (Lipinski definition) is 2. The van der Waals surface area contributed by atoms with Crippen LogP contribution in [-0.4, -0.2) is 19.2 Å². The predicted molar refractivity (Wildman–Crippen MR) is 54.6 cm³/mol. The molecule has 2 aromatic heterocycles. The molecule has 0 amide bonds. The highest BCUT2D eigenvalue weighted by Crippen LogP contribution is 2.32. The maximum Gasteiger partial charge on any atom is 0.376 e. The van der Waals surface area contributed by atoms with E-state index < -0.39 is 7.60 Å². The van der Waals surface area contributed by atoms with Crippen LogP contribution in [0.2, 0.25) is 0 Å². The number of aromatic nitrogens is 2. The van der Waals surface area contributed by atoms with E-state index in [4.69, 9.17) is 9.79 Å². The summed E-state index contributed by atoms with van der Waals surface area (Å²) in [4.78, 5) is 21.6. The van der Waals surface area contributed by atoms with Gasteiger partial charge < -0.3 is 14.2 Å². The molecule has 14 heavy (non-hydrogen) atoms. The van der Waals surface area contributed by atoms with E-state index >= 15 is 0 Å². The molecule has 7 heteroatoms. The third kappa shape index (κ3) is 1.74. The number of rotatable bonds is 1. The summed E-state index contributed by atoms with van der Waals surface area (Å²) in [6.45, 7) is 0. The minimum Gasteiger partial charge on any atom is -0.320 e. The molecule has 5 nitrogen and oxygen atoms in total. The smallest absolute Gasteiger partial charge is 0.320 e. The largest absolute Gasteiger partial charge is 0.376 e. The van der Waals surface area contributed by atoms with Crippen molar-refractivity contribution in [3.05, 3.63) is 29.0 Å². The first-order valence-corrected chi connectivity index (χ1v) is 6.08. The van der Waals surface area contributed by atoms with Gasteiger partial charge in [-0.15, -0.1) is 0 Å². The Labute approximate surface area is 87.7 Å². The number of pyridine rings is 1. The van der Waals surface area contributed by atoms with Gasteiger partial charge in [-0.25, -0.2) is 4.98 Å². The second-order valence-corrected chi connectivity index (χ2v) is 5.22. The van der Waals surface area contributed by atoms with E-state index in [1.807, 2.05) is 0 Å². The molecule has 0 atom stereocenters. The Kier molecular flexibility index (Phi) is 2.23. The van der Waals surface area contributed by atoms with E-state index in [9.17, 15) is 4.57 Å². The van der Waals surface area contributed by atoms with Crippen molar-refractivity contribution < 1.29 is 14.4 Å². The molecular formula is C7H6BrN2O3P. The summed E-state index contributed by atoms with van der Waals surface area (Å²) in [6, 6.07) is 3.44. The lowest BCUT2D eigenvalue weighted by atomic mass is 10.5. The predicted octanol–water partition coefficient (Wildman–Crippen LogP) is 0.900. The molecule has 0 aliphatic heterocycles. The Morgan fingerprint density at radius 3 is 2.86 bits per heavy atom. The van der Waals surface area contributed by atoms with Crippen molar-refractivity contribution in [2.75, 3.05) is 0 Å². The fourth-order valence-electron chi connectivity index (χ4n) is 1.08. The van der Waals surface area contributed by atoms with Gasteiger partial charge in [0.1, 0.15) is 5.65 Å². The molecular weight excluding hydrogens is 271 g/mol. The third-order valence-electron chi connectivity index (χ3n) is 1.71. The first-order valence-electron chi connectivity index (χ1n) is 3.67. The average Bonchev–Trinajstić information content (AvgIpc) is 2.45. The molecule has 0 fully saturated rings. The van der Waals surface area contributed by atoms with Crippen LogP contribution >= 0.6 is 23.5 Å². The Balaban J connectivity index is 2.69. The molecule has 0 unspecified atom stereocenters. The van der Waals surface area contributed by atoms with E-state index in [0.29, 0.717) is 5.65 Å². The second kappa shape index (κ2) is 3.17. The van der Waals surface area contributed by atoms with Gasteiger partial charge in [-0.3, -0.25) is 4.57 Å². The first kappa shape index (κ1) is 9.86. The zero-order valence-electron chi connectivity index (χ0n) is 6.83. The van der Waals surface area contributed by atoms with Gasteiger partial charge in [0.15, 0.2) is 5.44 Å². The molecule has 0 saturated heterocycles. The summed E-state index contributed by atoms with van der Waals surface area (Å²) in [5.74, 6) is 0. The molecule has 2 N–H and O–H groups in total. The van der Waals surface area contributed by atoms with E-state index in [1.165, 1.54) is 6.20 Å². The van der Waals surface area contributed by atoms with Gasteiger partial charge >= 0.3 is 7.60 Å². The maximum atomic E-state index is 10.9. The van der Waals surface area contributed by atoms with Gasteiger partial charge in [0, 0.05) is 16.9 Å². The number of imidazole rings is 1. The van der Waals surface area contributed by atoms with Crippen molar-refractivity contribution in [1.29, 1.82) is 0 Å². The highest BCUT2D eigenvalue weighted by Gasteiger charge is 2.20. The van der Waals surface area contributed by atoms with Gasteiger partial charge in [0.05, 0.1) is 0 Å². The molecule has 0 radical (unpaired) electrons. The lowest BCUT2D eigenvalue weighted by molar-refractivity contribution is 0.386. The standard InChI is InChI=1S/C7H6BrN2O3P/c8-5-1-2-10-4-7(14(11,12)13)9-6(10)3-5/h1-4H,(H2,11,12,13). The monoisotopic (exact) mass is 276 g/mol. The Bertz CT molecular complexity index is 533. The van der Waals surface area contributed by atoms with E-state index in [-0.39, 0.29) is 5.44 Å². The summed E-state index contributed by atoms with van der Waals surface area (Å²) >= 11 is 3.24. The van der Waals surface area contributed by atoms with Crippen LogP contribution in [0, 0.1) is 0 Å². The van der Waals surface area contributed by atoms with E-state index in [2.05, 4.69) is 20.9 Å². The summed E-state index contributed by atoms with van der Waals surface area (Å²) in [6.07, 6.45) is 2.99. The molecule has 0 saturated carbocycles. The SMILES string of the molecule is O=P(O)(O)c1cn2ccc(Br)cc2n1. The minimum absolute atomic E-state index is 0.212. The average molecular weight is 277 g/mol. The highest BCUT2D eigenvalue weighted by molar-refractivity contribution is 9.10. The van der Waals surface area contributed by atoms with Gasteiger partial charge in [-0.2, -0.15) is 0 Å². The fourth-order valence-corrected chi connectivity index (χ4v) is 1.91. The van der Waals surface area contributed by atoms with Crippen molar-refractivity contribution in [1.82, 2.24) is 9.38 Å². The summed E-state index contributed by atoms with van der Waals surface area (Å²) in [5.41, 5.74) is 0.285.